The zero-order valence-electron chi connectivity index (χ0n) is 14.1. The summed E-state index contributed by atoms with van der Waals surface area (Å²) in [6, 6.07) is 12.6. The smallest absolute Gasteiger partial charge is 0.255 e. The molecule has 2 aliphatic heterocycles. The molecule has 8 nitrogen and oxygen atoms in total. The molecule has 0 aliphatic carbocycles. The molecule has 0 fully saturated rings. The van der Waals surface area contributed by atoms with E-state index in [0.717, 1.165) is 11.1 Å². The number of hydrogen-bond donors (Lipinski definition) is 2. The molecule has 0 aromatic heterocycles. The van der Waals surface area contributed by atoms with Gasteiger partial charge in [-0.05, 0) is 23.8 Å². The van der Waals surface area contributed by atoms with Crippen LogP contribution in [0.5, 0.6) is 23.0 Å². The first kappa shape index (κ1) is 16.6. The third kappa shape index (κ3) is 2.95. The molecule has 0 saturated carbocycles. The third-order valence-corrected chi connectivity index (χ3v) is 4.28. The molecule has 2 aliphatic rings. The lowest BCUT2D eigenvalue weighted by Gasteiger charge is -2.26. The molecule has 136 valence electrons. The first-order valence-electron chi connectivity index (χ1n) is 8.09. The molecule has 0 saturated heterocycles. The van der Waals surface area contributed by atoms with E-state index in [9.17, 15) is 10.1 Å². The summed E-state index contributed by atoms with van der Waals surface area (Å²) >= 11 is 0. The molecule has 2 heterocycles. The summed E-state index contributed by atoms with van der Waals surface area (Å²) in [4.78, 5) is 11.0. The number of carbonyl (C=O) groups excluding carboxylic acids is 1. The van der Waals surface area contributed by atoms with Gasteiger partial charge in [-0.1, -0.05) is 12.1 Å². The molecule has 2 aromatic rings. The number of ether oxygens (including phenoxy) is 4. The zero-order valence-corrected chi connectivity index (χ0v) is 14.1. The summed E-state index contributed by atoms with van der Waals surface area (Å²) < 4.78 is 21.8. The number of fused-ring (bicyclic) bond motifs is 2. The summed E-state index contributed by atoms with van der Waals surface area (Å²) in [5.74, 6) is 1.04. The lowest BCUT2D eigenvalue weighted by Crippen LogP contribution is -2.21. The quantitative estimate of drug-likeness (QED) is 0.839. The Hall–Kier alpha value is -3.86. The maximum Gasteiger partial charge on any atom is 0.255 e. The second-order valence-electron chi connectivity index (χ2n) is 6.00. The van der Waals surface area contributed by atoms with Gasteiger partial charge in [-0.15, -0.1) is 0 Å². The van der Waals surface area contributed by atoms with E-state index in [1.165, 1.54) is 0 Å². The molecule has 1 amide bonds. The highest BCUT2D eigenvalue weighted by Crippen LogP contribution is 2.48. The maximum atomic E-state index is 11.0. The fraction of sp³-hybridized carbons (Fsp3) is 0.158. The summed E-state index contributed by atoms with van der Waals surface area (Å²) in [6.45, 7) is -0.122. The van der Waals surface area contributed by atoms with Gasteiger partial charge in [-0.3, -0.25) is 4.79 Å². The number of amides is 1. The molecule has 0 radical (unpaired) electrons. The van der Waals surface area contributed by atoms with Crippen molar-refractivity contribution >= 4 is 5.91 Å². The maximum absolute atomic E-state index is 11.0. The van der Waals surface area contributed by atoms with Gasteiger partial charge in [-0.25, -0.2) is 0 Å². The summed E-state index contributed by atoms with van der Waals surface area (Å²) in [7, 11) is 0. The normalized spacial score (nSPS) is 16.9. The number of allylic oxidation sites excluding steroid dienone is 1. The fourth-order valence-electron chi connectivity index (χ4n) is 3.13. The van der Waals surface area contributed by atoms with Crippen molar-refractivity contribution in [2.45, 2.75) is 5.92 Å². The van der Waals surface area contributed by atoms with Crippen LogP contribution in [0.3, 0.4) is 0 Å². The highest BCUT2D eigenvalue weighted by atomic mass is 16.7. The Kier molecular flexibility index (Phi) is 3.97. The molecular weight excluding hydrogens is 350 g/mol. The number of carbonyl (C=O) groups is 1. The van der Waals surface area contributed by atoms with Gasteiger partial charge in [0.2, 0.25) is 12.7 Å². The second kappa shape index (κ2) is 6.46. The van der Waals surface area contributed by atoms with Crippen molar-refractivity contribution in [2.75, 3.05) is 13.4 Å². The number of benzene rings is 2. The van der Waals surface area contributed by atoms with Crippen molar-refractivity contribution in [3.63, 3.8) is 0 Å². The molecular formula is C19H15N3O5. The number of nitrogens with two attached hydrogens (primary N) is 2. The van der Waals surface area contributed by atoms with Crippen molar-refractivity contribution in [2.24, 2.45) is 11.5 Å². The largest absolute Gasteiger partial charge is 0.484 e. The number of hydrogen-bond acceptors (Lipinski definition) is 7. The van der Waals surface area contributed by atoms with E-state index in [-0.39, 0.29) is 24.9 Å². The zero-order chi connectivity index (χ0) is 19.0. The van der Waals surface area contributed by atoms with Crippen molar-refractivity contribution in [1.29, 1.82) is 5.26 Å². The van der Waals surface area contributed by atoms with Gasteiger partial charge in [0, 0.05) is 11.6 Å². The van der Waals surface area contributed by atoms with Crippen molar-refractivity contribution in [1.82, 2.24) is 0 Å². The topological polar surface area (TPSA) is 130 Å². The summed E-state index contributed by atoms with van der Waals surface area (Å²) in [5.41, 5.74) is 12.9. The predicted octanol–water partition coefficient (Wildman–Crippen LogP) is 1.50. The molecule has 4 rings (SSSR count). The van der Waals surface area contributed by atoms with Crippen molar-refractivity contribution in [3.8, 4) is 29.1 Å². The van der Waals surface area contributed by atoms with Crippen LogP contribution in [0.25, 0.3) is 0 Å². The molecule has 0 unspecified atom stereocenters. The Morgan fingerprint density at radius 2 is 2.00 bits per heavy atom. The van der Waals surface area contributed by atoms with Gasteiger partial charge < -0.3 is 30.4 Å². The molecule has 2 aromatic carbocycles. The molecule has 1 atom stereocenters. The van der Waals surface area contributed by atoms with Crippen LogP contribution >= 0.6 is 0 Å². The minimum absolute atomic E-state index is 0.0253. The van der Waals surface area contributed by atoms with Crippen LogP contribution in [-0.2, 0) is 4.79 Å². The fourth-order valence-corrected chi connectivity index (χ4v) is 3.13. The Morgan fingerprint density at radius 3 is 2.74 bits per heavy atom. The van der Waals surface area contributed by atoms with Gasteiger partial charge >= 0.3 is 0 Å². The number of rotatable bonds is 4. The van der Waals surface area contributed by atoms with E-state index in [0.29, 0.717) is 23.0 Å². The lowest BCUT2D eigenvalue weighted by molar-refractivity contribution is -0.119. The number of nitrogens with zero attached hydrogens (tertiary/aromatic N) is 1. The predicted molar refractivity (Wildman–Crippen MR) is 93.0 cm³/mol. The van der Waals surface area contributed by atoms with E-state index in [2.05, 4.69) is 6.07 Å². The van der Waals surface area contributed by atoms with Crippen LogP contribution in [-0.4, -0.2) is 19.3 Å². The average Bonchev–Trinajstić information content (AvgIpc) is 3.11. The van der Waals surface area contributed by atoms with E-state index in [1.807, 2.05) is 6.07 Å². The Morgan fingerprint density at radius 1 is 1.22 bits per heavy atom. The Balaban J connectivity index is 1.80. The summed E-state index contributed by atoms with van der Waals surface area (Å²) in [6.07, 6.45) is 0. The van der Waals surface area contributed by atoms with Crippen molar-refractivity contribution < 1.29 is 23.7 Å². The van der Waals surface area contributed by atoms with Crippen LogP contribution in [0.15, 0.2) is 47.9 Å². The minimum Gasteiger partial charge on any atom is -0.484 e. The molecule has 0 bridgehead atoms. The van der Waals surface area contributed by atoms with Gasteiger partial charge in [-0.2, -0.15) is 5.26 Å². The second-order valence-corrected chi connectivity index (χ2v) is 6.00. The van der Waals surface area contributed by atoms with Gasteiger partial charge in [0.25, 0.3) is 5.91 Å². The lowest BCUT2D eigenvalue weighted by atomic mass is 9.83. The van der Waals surface area contributed by atoms with E-state index >= 15 is 0 Å². The Labute approximate surface area is 154 Å². The standard InChI is InChI=1S/C19H15N3O5/c20-7-13-18(10-2-1-3-11(4-10)24-8-17(21)23)12-5-15-16(26-9-25-15)6-14(12)27-19(13)22/h1-6,18H,8-9,22H2,(H2,21,23)/t18-/m1/s1. The Bertz CT molecular complexity index is 1010. The highest BCUT2D eigenvalue weighted by molar-refractivity contribution is 5.75. The van der Waals surface area contributed by atoms with Crippen molar-refractivity contribution in [3.05, 3.63) is 59.0 Å². The van der Waals surface area contributed by atoms with E-state index in [4.69, 9.17) is 30.4 Å². The number of primary amides is 1. The van der Waals surface area contributed by atoms with Crippen LogP contribution in [0, 0.1) is 11.3 Å². The van der Waals surface area contributed by atoms with Gasteiger partial charge in [0.05, 0.1) is 5.92 Å². The molecule has 0 spiro atoms. The minimum atomic E-state index is -0.577. The third-order valence-electron chi connectivity index (χ3n) is 4.28. The van der Waals surface area contributed by atoms with Crippen LogP contribution in [0.1, 0.15) is 17.0 Å². The van der Waals surface area contributed by atoms with Crippen LogP contribution in [0.2, 0.25) is 0 Å². The number of nitriles is 1. The first-order chi connectivity index (χ1) is 13.1. The van der Waals surface area contributed by atoms with Gasteiger partial charge in [0.15, 0.2) is 18.1 Å². The summed E-state index contributed by atoms with van der Waals surface area (Å²) in [5, 5.41) is 9.64. The monoisotopic (exact) mass is 365 g/mol. The molecule has 8 heteroatoms. The van der Waals surface area contributed by atoms with E-state index in [1.54, 1.807) is 30.3 Å². The highest BCUT2D eigenvalue weighted by Gasteiger charge is 2.33. The van der Waals surface area contributed by atoms with E-state index < -0.39 is 11.8 Å². The molecule has 4 N–H and O–H groups in total. The van der Waals surface area contributed by atoms with Gasteiger partial charge in [0.1, 0.15) is 23.1 Å². The average molecular weight is 365 g/mol. The SMILES string of the molecule is N#CC1=C(N)Oc2cc3c(cc2[C@H]1c1cccc(OCC(N)=O)c1)OCO3. The molecule has 27 heavy (non-hydrogen) atoms. The van der Waals surface area contributed by atoms with Crippen LogP contribution in [0.4, 0.5) is 0 Å². The first-order valence-corrected chi connectivity index (χ1v) is 8.09. The van der Waals surface area contributed by atoms with Crippen LogP contribution < -0.4 is 30.4 Å².